The van der Waals surface area contributed by atoms with E-state index < -0.39 is 0 Å². The Hall–Kier alpha value is -2.10. The molecule has 0 amide bonds. The summed E-state index contributed by atoms with van der Waals surface area (Å²) in [4.78, 5) is 13.2. The first-order valence-electron chi connectivity index (χ1n) is 4.57. The first-order chi connectivity index (χ1) is 7.18. The largest absolute Gasteiger partial charge is 0.361 e. The molecule has 0 unspecified atom stereocenters. The molecule has 1 aromatic carbocycles. The standard InChI is InChI=1S/C11H10N2O2/c1-8(13(14)15)6-9-7-12-11-5-3-2-4-10(9)11/h2-7,12H,1H3/b8-6+. The van der Waals surface area contributed by atoms with Crippen LogP contribution in [0.2, 0.25) is 0 Å². The van der Waals surface area contributed by atoms with E-state index in [0.29, 0.717) is 0 Å². The van der Waals surface area contributed by atoms with Gasteiger partial charge in [-0.15, -0.1) is 0 Å². The second-order valence-corrected chi connectivity index (χ2v) is 3.33. The Balaban J connectivity index is 2.54. The van der Waals surface area contributed by atoms with E-state index in [4.69, 9.17) is 0 Å². The second-order valence-electron chi connectivity index (χ2n) is 3.33. The molecule has 0 aliphatic rings. The maximum absolute atomic E-state index is 10.5. The Morgan fingerprint density at radius 1 is 1.47 bits per heavy atom. The Labute approximate surface area is 86.4 Å². The Morgan fingerprint density at radius 2 is 2.20 bits per heavy atom. The molecule has 0 bridgehead atoms. The van der Waals surface area contributed by atoms with Crippen molar-refractivity contribution < 1.29 is 4.92 Å². The third-order valence-corrected chi connectivity index (χ3v) is 2.27. The van der Waals surface area contributed by atoms with Gasteiger partial charge in [0, 0.05) is 35.7 Å². The summed E-state index contributed by atoms with van der Waals surface area (Å²) in [6.45, 7) is 1.49. The van der Waals surface area contributed by atoms with Crippen LogP contribution >= 0.6 is 0 Å². The summed E-state index contributed by atoms with van der Waals surface area (Å²) < 4.78 is 0. The van der Waals surface area contributed by atoms with Crippen LogP contribution in [0, 0.1) is 10.1 Å². The van der Waals surface area contributed by atoms with Crippen LogP contribution in [0.15, 0.2) is 36.2 Å². The highest BCUT2D eigenvalue weighted by molar-refractivity contribution is 5.88. The molecule has 1 heterocycles. The van der Waals surface area contributed by atoms with E-state index in [2.05, 4.69) is 4.98 Å². The molecule has 1 N–H and O–H groups in total. The van der Waals surface area contributed by atoms with E-state index in [1.54, 1.807) is 12.3 Å². The molecule has 1 aromatic heterocycles. The molecule has 0 saturated carbocycles. The summed E-state index contributed by atoms with van der Waals surface area (Å²) in [5, 5.41) is 11.5. The normalized spacial score (nSPS) is 11.9. The van der Waals surface area contributed by atoms with Crippen molar-refractivity contribution in [3.05, 3.63) is 51.8 Å². The van der Waals surface area contributed by atoms with Gasteiger partial charge >= 0.3 is 0 Å². The number of benzene rings is 1. The minimum Gasteiger partial charge on any atom is -0.361 e. The summed E-state index contributed by atoms with van der Waals surface area (Å²) in [5.41, 5.74) is 1.97. The fraction of sp³-hybridized carbons (Fsp3) is 0.0909. The van der Waals surface area contributed by atoms with Gasteiger partial charge in [0.1, 0.15) is 0 Å². The molecule has 0 atom stereocenters. The third kappa shape index (κ3) is 1.74. The van der Waals surface area contributed by atoms with Crippen LogP contribution in [-0.2, 0) is 0 Å². The van der Waals surface area contributed by atoms with Gasteiger partial charge in [-0.25, -0.2) is 0 Å². The van der Waals surface area contributed by atoms with Gasteiger partial charge in [0.05, 0.1) is 4.92 Å². The molecule has 0 radical (unpaired) electrons. The third-order valence-electron chi connectivity index (χ3n) is 2.27. The summed E-state index contributed by atoms with van der Waals surface area (Å²) in [6, 6.07) is 7.71. The van der Waals surface area contributed by atoms with Crippen molar-refractivity contribution in [3.8, 4) is 0 Å². The number of allylic oxidation sites excluding steroid dienone is 1. The van der Waals surface area contributed by atoms with Crippen molar-refractivity contribution in [2.24, 2.45) is 0 Å². The molecule has 76 valence electrons. The lowest BCUT2D eigenvalue weighted by Gasteiger charge is -1.91. The van der Waals surface area contributed by atoms with Crippen LogP contribution in [0.5, 0.6) is 0 Å². The van der Waals surface area contributed by atoms with Crippen molar-refractivity contribution in [1.82, 2.24) is 4.98 Å². The molecule has 0 saturated heterocycles. The van der Waals surface area contributed by atoms with Gasteiger partial charge in [-0.2, -0.15) is 0 Å². The lowest BCUT2D eigenvalue weighted by atomic mass is 10.1. The molecule has 4 nitrogen and oxygen atoms in total. The molecule has 2 aromatic rings. The van der Waals surface area contributed by atoms with Gasteiger partial charge in [0.2, 0.25) is 5.70 Å². The average Bonchev–Trinajstić information content (AvgIpc) is 2.62. The van der Waals surface area contributed by atoms with Gasteiger partial charge < -0.3 is 4.98 Å². The van der Waals surface area contributed by atoms with Crippen LogP contribution in [0.1, 0.15) is 12.5 Å². The number of para-hydroxylation sites is 1. The van der Waals surface area contributed by atoms with Crippen molar-refractivity contribution in [2.45, 2.75) is 6.92 Å². The number of nitrogens with zero attached hydrogens (tertiary/aromatic N) is 1. The predicted octanol–water partition coefficient (Wildman–Crippen LogP) is 2.81. The summed E-state index contributed by atoms with van der Waals surface area (Å²) in [5.74, 6) is 0. The number of nitrogens with one attached hydrogen (secondary N) is 1. The van der Waals surface area contributed by atoms with Gasteiger partial charge in [0.15, 0.2) is 0 Å². The van der Waals surface area contributed by atoms with Crippen molar-refractivity contribution >= 4 is 17.0 Å². The Bertz CT molecular complexity index is 540. The SMILES string of the molecule is C/C(=C\c1c[nH]c2ccccc12)[N+](=O)[O-]. The van der Waals surface area contributed by atoms with Gasteiger partial charge in [-0.1, -0.05) is 18.2 Å². The number of aromatic amines is 1. The smallest absolute Gasteiger partial charge is 0.243 e. The van der Waals surface area contributed by atoms with Crippen LogP contribution < -0.4 is 0 Å². The highest BCUT2D eigenvalue weighted by Crippen LogP contribution is 2.20. The number of H-pyrrole nitrogens is 1. The van der Waals surface area contributed by atoms with Crippen molar-refractivity contribution in [3.63, 3.8) is 0 Å². The lowest BCUT2D eigenvalue weighted by Crippen LogP contribution is -1.92. The van der Waals surface area contributed by atoms with Crippen LogP contribution in [0.25, 0.3) is 17.0 Å². The van der Waals surface area contributed by atoms with E-state index in [-0.39, 0.29) is 10.6 Å². The molecule has 2 rings (SSSR count). The van der Waals surface area contributed by atoms with Gasteiger partial charge in [0.25, 0.3) is 0 Å². The fourth-order valence-corrected chi connectivity index (χ4v) is 1.49. The topological polar surface area (TPSA) is 58.9 Å². The monoisotopic (exact) mass is 202 g/mol. The van der Waals surface area contributed by atoms with Gasteiger partial charge in [-0.3, -0.25) is 10.1 Å². The molecule has 15 heavy (non-hydrogen) atoms. The fourth-order valence-electron chi connectivity index (χ4n) is 1.49. The number of nitro groups is 1. The van der Waals surface area contributed by atoms with E-state index in [1.807, 2.05) is 24.3 Å². The first kappa shape index (κ1) is 9.45. The average molecular weight is 202 g/mol. The number of aromatic nitrogens is 1. The highest BCUT2D eigenvalue weighted by atomic mass is 16.6. The number of rotatable bonds is 2. The molecule has 0 aliphatic carbocycles. The maximum atomic E-state index is 10.5. The predicted molar refractivity (Wildman–Crippen MR) is 58.9 cm³/mol. The minimum absolute atomic E-state index is 0.139. The Kier molecular flexibility index (Phi) is 2.25. The number of fused-ring (bicyclic) bond motifs is 1. The van der Waals surface area contributed by atoms with Crippen LogP contribution in [0.3, 0.4) is 0 Å². The maximum Gasteiger partial charge on any atom is 0.243 e. The highest BCUT2D eigenvalue weighted by Gasteiger charge is 2.05. The van der Waals surface area contributed by atoms with E-state index in [0.717, 1.165) is 16.5 Å². The lowest BCUT2D eigenvalue weighted by molar-refractivity contribution is -0.422. The summed E-state index contributed by atoms with van der Waals surface area (Å²) >= 11 is 0. The van der Waals surface area contributed by atoms with Crippen LogP contribution in [-0.4, -0.2) is 9.91 Å². The second kappa shape index (κ2) is 3.57. The van der Waals surface area contributed by atoms with E-state index >= 15 is 0 Å². The zero-order chi connectivity index (χ0) is 10.8. The van der Waals surface area contributed by atoms with Crippen molar-refractivity contribution in [1.29, 1.82) is 0 Å². The first-order valence-corrected chi connectivity index (χ1v) is 4.57. The quantitative estimate of drug-likeness (QED) is 0.601. The van der Waals surface area contributed by atoms with Crippen molar-refractivity contribution in [2.75, 3.05) is 0 Å². The molecular formula is C11H10N2O2. The summed E-state index contributed by atoms with van der Waals surface area (Å²) in [6.07, 6.45) is 3.34. The van der Waals surface area contributed by atoms with E-state index in [1.165, 1.54) is 6.92 Å². The number of hydrogen-bond acceptors (Lipinski definition) is 2. The minimum atomic E-state index is -0.387. The van der Waals surface area contributed by atoms with Gasteiger partial charge in [-0.05, 0) is 6.07 Å². The summed E-state index contributed by atoms with van der Waals surface area (Å²) in [7, 11) is 0. The molecule has 0 spiro atoms. The molecule has 0 fully saturated rings. The van der Waals surface area contributed by atoms with E-state index in [9.17, 15) is 10.1 Å². The molecule has 4 heteroatoms. The zero-order valence-corrected chi connectivity index (χ0v) is 8.23. The molecular weight excluding hydrogens is 192 g/mol. The zero-order valence-electron chi connectivity index (χ0n) is 8.23. The Morgan fingerprint density at radius 3 is 2.93 bits per heavy atom. The molecule has 0 aliphatic heterocycles. The number of hydrogen-bond donors (Lipinski definition) is 1. The van der Waals surface area contributed by atoms with Crippen LogP contribution in [0.4, 0.5) is 0 Å².